The minimum atomic E-state index is -3.43. The number of rotatable bonds is 6. The maximum absolute atomic E-state index is 12.0. The lowest BCUT2D eigenvalue weighted by Gasteiger charge is -2.12. The van der Waals surface area contributed by atoms with Crippen LogP contribution >= 0.6 is 0 Å². The van der Waals surface area contributed by atoms with Crippen LogP contribution in [0, 0.1) is 13.8 Å². The van der Waals surface area contributed by atoms with Crippen molar-refractivity contribution < 1.29 is 17.9 Å². The fourth-order valence-corrected chi connectivity index (χ4v) is 2.60. The summed E-state index contributed by atoms with van der Waals surface area (Å²) in [7, 11) is -3.43. The van der Waals surface area contributed by atoms with Gasteiger partial charge in [-0.3, -0.25) is 9.52 Å². The third kappa shape index (κ3) is 5.27. The number of carbonyl (C=O) groups excluding carboxylic acids is 1. The SMILES string of the molecule is Cc1ccc(OCC(=O)Nc2ccccc2NS(C)(=O)=O)cc1C. The van der Waals surface area contributed by atoms with E-state index in [1.807, 2.05) is 26.0 Å². The molecule has 0 saturated carbocycles. The van der Waals surface area contributed by atoms with Crippen LogP contribution in [0.15, 0.2) is 42.5 Å². The van der Waals surface area contributed by atoms with Crippen molar-refractivity contribution in [1.82, 2.24) is 0 Å². The Morgan fingerprint density at radius 2 is 1.71 bits per heavy atom. The minimum absolute atomic E-state index is 0.171. The Bertz CT molecular complexity index is 847. The molecule has 0 radical (unpaired) electrons. The molecule has 0 atom stereocenters. The average molecular weight is 348 g/mol. The highest BCUT2D eigenvalue weighted by Gasteiger charge is 2.10. The zero-order chi connectivity index (χ0) is 17.7. The van der Waals surface area contributed by atoms with Gasteiger partial charge in [-0.25, -0.2) is 8.42 Å². The van der Waals surface area contributed by atoms with Crippen LogP contribution in [-0.4, -0.2) is 27.2 Å². The molecular weight excluding hydrogens is 328 g/mol. The smallest absolute Gasteiger partial charge is 0.262 e. The van der Waals surface area contributed by atoms with E-state index in [1.54, 1.807) is 30.3 Å². The van der Waals surface area contributed by atoms with Gasteiger partial charge >= 0.3 is 0 Å². The van der Waals surface area contributed by atoms with Gasteiger partial charge < -0.3 is 10.1 Å². The van der Waals surface area contributed by atoms with Crippen LogP contribution in [-0.2, 0) is 14.8 Å². The predicted octanol–water partition coefficient (Wildman–Crippen LogP) is 2.69. The van der Waals surface area contributed by atoms with Crippen molar-refractivity contribution >= 4 is 27.3 Å². The Kier molecular flexibility index (Phi) is 5.46. The Hall–Kier alpha value is -2.54. The van der Waals surface area contributed by atoms with Crippen LogP contribution < -0.4 is 14.8 Å². The largest absolute Gasteiger partial charge is 0.484 e. The Morgan fingerprint density at radius 3 is 2.33 bits per heavy atom. The molecule has 2 aromatic carbocycles. The van der Waals surface area contributed by atoms with Gasteiger partial charge in [-0.1, -0.05) is 18.2 Å². The maximum Gasteiger partial charge on any atom is 0.262 e. The monoisotopic (exact) mass is 348 g/mol. The molecule has 2 N–H and O–H groups in total. The molecule has 0 spiro atoms. The van der Waals surface area contributed by atoms with Gasteiger partial charge in [0.25, 0.3) is 5.91 Å². The fourth-order valence-electron chi connectivity index (χ4n) is 2.02. The molecule has 0 aliphatic carbocycles. The van der Waals surface area contributed by atoms with Crippen molar-refractivity contribution in [3.63, 3.8) is 0 Å². The van der Waals surface area contributed by atoms with E-state index in [2.05, 4.69) is 10.0 Å². The van der Waals surface area contributed by atoms with Crippen molar-refractivity contribution in [3.05, 3.63) is 53.6 Å². The lowest BCUT2D eigenvalue weighted by atomic mass is 10.1. The summed E-state index contributed by atoms with van der Waals surface area (Å²) < 4.78 is 30.5. The summed E-state index contributed by atoms with van der Waals surface area (Å²) >= 11 is 0. The molecule has 6 nitrogen and oxygen atoms in total. The van der Waals surface area contributed by atoms with Gasteiger partial charge in [0.2, 0.25) is 10.0 Å². The highest BCUT2D eigenvalue weighted by molar-refractivity contribution is 7.92. The number of aryl methyl sites for hydroxylation is 2. The van der Waals surface area contributed by atoms with E-state index in [4.69, 9.17) is 4.74 Å². The molecule has 0 aliphatic rings. The van der Waals surface area contributed by atoms with E-state index < -0.39 is 10.0 Å². The van der Waals surface area contributed by atoms with Crippen LogP contribution in [0.5, 0.6) is 5.75 Å². The van der Waals surface area contributed by atoms with Crippen LogP contribution in [0.2, 0.25) is 0 Å². The van der Waals surface area contributed by atoms with E-state index in [9.17, 15) is 13.2 Å². The van der Waals surface area contributed by atoms with Crippen molar-refractivity contribution in [2.24, 2.45) is 0 Å². The number of sulfonamides is 1. The number of benzene rings is 2. The topological polar surface area (TPSA) is 84.5 Å². The highest BCUT2D eigenvalue weighted by Crippen LogP contribution is 2.22. The molecule has 0 aliphatic heterocycles. The number of ether oxygens (including phenoxy) is 1. The molecule has 0 heterocycles. The first-order valence-electron chi connectivity index (χ1n) is 7.31. The number of amides is 1. The molecule has 128 valence electrons. The van der Waals surface area contributed by atoms with Crippen molar-refractivity contribution in [2.45, 2.75) is 13.8 Å². The van der Waals surface area contributed by atoms with Crippen molar-refractivity contribution in [3.8, 4) is 5.75 Å². The van der Waals surface area contributed by atoms with Gasteiger partial charge in [-0.2, -0.15) is 0 Å². The molecule has 2 rings (SSSR count). The van der Waals surface area contributed by atoms with Crippen LogP contribution in [0.4, 0.5) is 11.4 Å². The molecule has 0 fully saturated rings. The molecule has 24 heavy (non-hydrogen) atoms. The van der Waals surface area contributed by atoms with Gasteiger partial charge in [0.1, 0.15) is 5.75 Å². The fraction of sp³-hybridized carbons (Fsp3) is 0.235. The molecule has 1 amide bonds. The van der Waals surface area contributed by atoms with Gasteiger partial charge in [-0.15, -0.1) is 0 Å². The summed E-state index contributed by atoms with van der Waals surface area (Å²) in [4.78, 5) is 12.0. The van der Waals surface area contributed by atoms with Crippen molar-refractivity contribution in [1.29, 1.82) is 0 Å². The van der Waals surface area contributed by atoms with E-state index >= 15 is 0 Å². The van der Waals surface area contributed by atoms with E-state index in [-0.39, 0.29) is 12.5 Å². The summed E-state index contributed by atoms with van der Waals surface area (Å²) in [6.07, 6.45) is 1.05. The number of para-hydroxylation sites is 2. The van der Waals surface area contributed by atoms with Gasteiger partial charge in [0.15, 0.2) is 6.61 Å². The van der Waals surface area contributed by atoms with Gasteiger partial charge in [0.05, 0.1) is 17.6 Å². The minimum Gasteiger partial charge on any atom is -0.484 e. The Balaban J connectivity index is 2.01. The quantitative estimate of drug-likeness (QED) is 0.840. The molecule has 0 bridgehead atoms. The lowest BCUT2D eigenvalue weighted by molar-refractivity contribution is -0.118. The molecular formula is C17H20N2O4S. The standard InChI is InChI=1S/C17H20N2O4S/c1-12-8-9-14(10-13(12)2)23-11-17(20)18-15-6-4-5-7-16(15)19-24(3,21)22/h4-10,19H,11H2,1-3H3,(H,18,20). The third-order valence-electron chi connectivity index (χ3n) is 3.34. The number of hydrogen-bond acceptors (Lipinski definition) is 4. The lowest BCUT2D eigenvalue weighted by Crippen LogP contribution is -2.21. The molecule has 0 saturated heterocycles. The van der Waals surface area contributed by atoms with E-state index in [0.29, 0.717) is 17.1 Å². The first-order chi connectivity index (χ1) is 11.2. The van der Waals surface area contributed by atoms with E-state index in [1.165, 1.54) is 0 Å². The summed E-state index contributed by atoms with van der Waals surface area (Å²) in [5.74, 6) is 0.228. The van der Waals surface area contributed by atoms with Gasteiger partial charge in [0, 0.05) is 0 Å². The first kappa shape index (κ1) is 17.8. The number of carbonyl (C=O) groups is 1. The Labute approximate surface area is 141 Å². The summed E-state index contributed by atoms with van der Waals surface area (Å²) in [5, 5.41) is 2.64. The second-order valence-corrected chi connectivity index (χ2v) is 7.25. The second-order valence-electron chi connectivity index (χ2n) is 5.50. The van der Waals surface area contributed by atoms with E-state index in [0.717, 1.165) is 17.4 Å². The first-order valence-corrected chi connectivity index (χ1v) is 9.20. The number of hydrogen-bond donors (Lipinski definition) is 2. The zero-order valence-corrected chi connectivity index (χ0v) is 14.6. The predicted molar refractivity (Wildman–Crippen MR) is 94.9 cm³/mol. The highest BCUT2D eigenvalue weighted by atomic mass is 32.2. The summed E-state index contributed by atoms with van der Waals surface area (Å²) in [6, 6.07) is 12.1. The maximum atomic E-state index is 12.0. The number of anilines is 2. The molecule has 0 unspecified atom stereocenters. The average Bonchev–Trinajstić information content (AvgIpc) is 2.49. The van der Waals surface area contributed by atoms with Crippen molar-refractivity contribution in [2.75, 3.05) is 22.9 Å². The van der Waals surface area contributed by atoms with Gasteiger partial charge in [-0.05, 0) is 49.2 Å². The molecule has 0 aromatic heterocycles. The number of nitrogens with one attached hydrogen (secondary N) is 2. The summed E-state index contributed by atoms with van der Waals surface area (Å²) in [5.41, 5.74) is 2.90. The normalized spacial score (nSPS) is 11.0. The third-order valence-corrected chi connectivity index (χ3v) is 3.94. The van der Waals surface area contributed by atoms with Crippen LogP contribution in [0.25, 0.3) is 0 Å². The molecule has 2 aromatic rings. The Morgan fingerprint density at radius 1 is 1.04 bits per heavy atom. The summed E-state index contributed by atoms with van der Waals surface area (Å²) in [6.45, 7) is 3.79. The zero-order valence-electron chi connectivity index (χ0n) is 13.8. The second kappa shape index (κ2) is 7.35. The van der Waals surface area contributed by atoms with Crippen LogP contribution in [0.3, 0.4) is 0 Å². The van der Waals surface area contributed by atoms with Crippen LogP contribution in [0.1, 0.15) is 11.1 Å². The molecule has 7 heteroatoms.